The molecule has 0 aliphatic carbocycles. The van der Waals surface area contributed by atoms with Crippen molar-refractivity contribution in [3.63, 3.8) is 0 Å². The molecule has 1 aromatic heterocycles. The molecule has 1 aliphatic rings. The maximum absolute atomic E-state index is 12.7. The van der Waals surface area contributed by atoms with Crippen molar-refractivity contribution in [3.8, 4) is 0 Å². The highest BCUT2D eigenvalue weighted by Gasteiger charge is 2.27. The lowest BCUT2D eigenvalue weighted by Crippen LogP contribution is -2.40. The molecule has 1 aliphatic heterocycles. The quantitative estimate of drug-likeness (QED) is 0.758. The second-order valence-corrected chi connectivity index (χ2v) is 9.61. The predicted molar refractivity (Wildman–Crippen MR) is 103 cm³/mol. The Morgan fingerprint density at radius 1 is 1.35 bits per heavy atom. The SMILES string of the molecule is CSc1sc(NC(=O)c2cccc(S(=O)(=O)N3CCOCC3)c2)nc1C. The van der Waals surface area contributed by atoms with Crippen LogP contribution in [0.1, 0.15) is 16.1 Å². The van der Waals surface area contributed by atoms with Crippen LogP contribution in [0.25, 0.3) is 0 Å². The Kier molecular flexibility index (Phi) is 5.98. The molecule has 0 atom stereocenters. The molecule has 1 amide bonds. The molecule has 0 bridgehead atoms. The van der Waals surface area contributed by atoms with Crippen molar-refractivity contribution in [2.45, 2.75) is 16.0 Å². The van der Waals surface area contributed by atoms with Gasteiger partial charge in [-0.25, -0.2) is 13.4 Å². The van der Waals surface area contributed by atoms with Crippen molar-refractivity contribution < 1.29 is 17.9 Å². The van der Waals surface area contributed by atoms with Crippen molar-refractivity contribution in [1.82, 2.24) is 9.29 Å². The van der Waals surface area contributed by atoms with E-state index < -0.39 is 10.0 Å². The van der Waals surface area contributed by atoms with Gasteiger partial charge in [0.05, 0.1) is 28.0 Å². The summed E-state index contributed by atoms with van der Waals surface area (Å²) < 4.78 is 33.1. The smallest absolute Gasteiger partial charge is 0.257 e. The number of hydrogen-bond acceptors (Lipinski definition) is 7. The summed E-state index contributed by atoms with van der Waals surface area (Å²) in [6.07, 6.45) is 1.95. The second-order valence-electron chi connectivity index (χ2n) is 5.59. The molecule has 26 heavy (non-hydrogen) atoms. The van der Waals surface area contributed by atoms with E-state index in [4.69, 9.17) is 4.74 Å². The van der Waals surface area contributed by atoms with Gasteiger partial charge in [0.25, 0.3) is 5.91 Å². The minimum atomic E-state index is -3.64. The van der Waals surface area contributed by atoms with E-state index in [1.54, 1.807) is 23.9 Å². The third-order valence-corrected chi connectivity index (χ3v) is 8.04. The standard InChI is InChI=1S/C16H19N3O4S3/c1-11-15(24-2)25-16(17-11)18-14(20)12-4-3-5-13(10-12)26(21,22)19-6-8-23-9-7-19/h3-5,10H,6-9H2,1-2H3,(H,17,18,20). The van der Waals surface area contributed by atoms with Crippen molar-refractivity contribution in [2.75, 3.05) is 37.9 Å². The molecular formula is C16H19N3O4S3. The van der Waals surface area contributed by atoms with Crippen LogP contribution in [0.5, 0.6) is 0 Å². The van der Waals surface area contributed by atoms with Crippen molar-refractivity contribution >= 4 is 44.2 Å². The van der Waals surface area contributed by atoms with Crippen LogP contribution in [0, 0.1) is 6.92 Å². The zero-order valence-corrected chi connectivity index (χ0v) is 16.8. The lowest BCUT2D eigenvalue weighted by Gasteiger charge is -2.26. The number of carbonyl (C=O) groups is 1. The first-order valence-electron chi connectivity index (χ1n) is 7.92. The summed E-state index contributed by atoms with van der Waals surface area (Å²) >= 11 is 2.96. The van der Waals surface area contributed by atoms with E-state index >= 15 is 0 Å². The second kappa shape index (κ2) is 8.05. The Morgan fingerprint density at radius 2 is 2.08 bits per heavy atom. The number of carbonyl (C=O) groups excluding carboxylic acids is 1. The van der Waals surface area contributed by atoms with E-state index in [0.29, 0.717) is 31.4 Å². The Hall–Kier alpha value is -1.46. The van der Waals surface area contributed by atoms with Crippen molar-refractivity contribution in [1.29, 1.82) is 0 Å². The largest absolute Gasteiger partial charge is 0.379 e. The number of ether oxygens (including phenoxy) is 1. The van der Waals surface area contributed by atoms with Gasteiger partial charge in [-0.2, -0.15) is 4.31 Å². The number of benzene rings is 1. The Labute approximate surface area is 160 Å². The van der Waals surface area contributed by atoms with Crippen molar-refractivity contribution in [2.24, 2.45) is 0 Å². The summed E-state index contributed by atoms with van der Waals surface area (Å²) in [6, 6.07) is 6.06. The van der Waals surface area contributed by atoms with Gasteiger partial charge in [0.15, 0.2) is 5.13 Å². The normalized spacial score (nSPS) is 15.8. The fourth-order valence-electron chi connectivity index (χ4n) is 2.53. The van der Waals surface area contributed by atoms with Crippen LogP contribution >= 0.6 is 23.1 Å². The molecule has 1 saturated heterocycles. The van der Waals surface area contributed by atoms with E-state index in [-0.39, 0.29) is 16.4 Å². The topological polar surface area (TPSA) is 88.6 Å². The van der Waals surface area contributed by atoms with Crippen LogP contribution in [-0.2, 0) is 14.8 Å². The molecule has 7 nitrogen and oxygen atoms in total. The molecule has 2 aromatic rings. The fourth-order valence-corrected chi connectivity index (χ4v) is 5.59. The van der Waals surface area contributed by atoms with Crippen LogP contribution in [0.2, 0.25) is 0 Å². The van der Waals surface area contributed by atoms with Gasteiger partial charge in [-0.3, -0.25) is 10.1 Å². The number of anilines is 1. The number of amides is 1. The lowest BCUT2D eigenvalue weighted by molar-refractivity contribution is 0.0730. The van der Waals surface area contributed by atoms with Gasteiger partial charge in [0.1, 0.15) is 0 Å². The highest BCUT2D eigenvalue weighted by molar-refractivity contribution is 8.00. The summed E-state index contributed by atoms with van der Waals surface area (Å²) in [5, 5.41) is 3.24. The van der Waals surface area contributed by atoms with Gasteiger partial charge < -0.3 is 4.74 Å². The minimum absolute atomic E-state index is 0.104. The Balaban J connectivity index is 1.80. The molecule has 3 rings (SSSR count). The zero-order chi connectivity index (χ0) is 18.7. The molecule has 0 radical (unpaired) electrons. The summed E-state index contributed by atoms with van der Waals surface area (Å²) in [7, 11) is -3.64. The number of nitrogens with one attached hydrogen (secondary N) is 1. The number of thiazole rings is 1. The maximum atomic E-state index is 12.7. The van der Waals surface area contributed by atoms with Gasteiger partial charge in [0, 0.05) is 18.7 Å². The van der Waals surface area contributed by atoms with Gasteiger partial charge in [-0.15, -0.1) is 11.8 Å². The van der Waals surface area contributed by atoms with Crippen LogP contribution in [0.15, 0.2) is 33.4 Å². The third kappa shape index (κ3) is 4.09. The van der Waals surface area contributed by atoms with Crippen LogP contribution in [0.4, 0.5) is 5.13 Å². The summed E-state index contributed by atoms with van der Waals surface area (Å²) in [6.45, 7) is 3.26. The number of aromatic nitrogens is 1. The molecule has 2 heterocycles. The van der Waals surface area contributed by atoms with Gasteiger partial charge in [0.2, 0.25) is 10.0 Å². The molecule has 10 heteroatoms. The Morgan fingerprint density at radius 3 is 2.73 bits per heavy atom. The fraction of sp³-hybridized carbons (Fsp3) is 0.375. The first-order valence-corrected chi connectivity index (χ1v) is 11.4. The number of aryl methyl sites for hydroxylation is 1. The monoisotopic (exact) mass is 413 g/mol. The number of nitrogens with zero attached hydrogens (tertiary/aromatic N) is 2. The van der Waals surface area contributed by atoms with Gasteiger partial charge in [-0.05, 0) is 31.4 Å². The molecule has 0 spiro atoms. The van der Waals surface area contributed by atoms with E-state index in [1.165, 1.54) is 27.8 Å². The molecule has 0 saturated carbocycles. The van der Waals surface area contributed by atoms with Gasteiger partial charge >= 0.3 is 0 Å². The molecule has 1 aromatic carbocycles. The Bertz CT molecular complexity index is 905. The average Bonchev–Trinajstić information content (AvgIpc) is 3.01. The van der Waals surface area contributed by atoms with Crippen molar-refractivity contribution in [3.05, 3.63) is 35.5 Å². The maximum Gasteiger partial charge on any atom is 0.257 e. The van der Waals surface area contributed by atoms with E-state index in [9.17, 15) is 13.2 Å². The van der Waals surface area contributed by atoms with E-state index in [2.05, 4.69) is 10.3 Å². The zero-order valence-electron chi connectivity index (χ0n) is 14.4. The summed E-state index contributed by atoms with van der Waals surface area (Å²) in [5.41, 5.74) is 1.14. The van der Waals surface area contributed by atoms with Crippen LogP contribution in [-0.4, -0.2) is 56.2 Å². The molecule has 1 fully saturated rings. The molecular weight excluding hydrogens is 394 g/mol. The first-order chi connectivity index (χ1) is 12.4. The highest BCUT2D eigenvalue weighted by Crippen LogP contribution is 2.30. The number of thioether (sulfide) groups is 1. The third-order valence-electron chi connectivity index (χ3n) is 3.86. The predicted octanol–water partition coefficient (Wildman–Crippen LogP) is 2.45. The number of sulfonamides is 1. The number of hydrogen-bond donors (Lipinski definition) is 1. The van der Waals surface area contributed by atoms with E-state index in [1.807, 2.05) is 13.2 Å². The van der Waals surface area contributed by atoms with Crippen LogP contribution in [0.3, 0.4) is 0 Å². The van der Waals surface area contributed by atoms with Crippen LogP contribution < -0.4 is 5.32 Å². The number of rotatable bonds is 5. The molecule has 140 valence electrons. The molecule has 0 unspecified atom stereocenters. The lowest BCUT2D eigenvalue weighted by atomic mass is 10.2. The minimum Gasteiger partial charge on any atom is -0.379 e. The number of morpholine rings is 1. The molecule has 1 N–H and O–H groups in total. The first kappa shape index (κ1) is 19.3. The summed E-state index contributed by atoms with van der Waals surface area (Å²) in [4.78, 5) is 16.9. The summed E-state index contributed by atoms with van der Waals surface area (Å²) in [5.74, 6) is -0.384. The highest BCUT2D eigenvalue weighted by atomic mass is 32.2. The van der Waals surface area contributed by atoms with Gasteiger partial charge in [-0.1, -0.05) is 17.4 Å². The van der Waals surface area contributed by atoms with E-state index in [0.717, 1.165) is 9.90 Å². The average molecular weight is 414 g/mol.